The highest BCUT2D eigenvalue weighted by molar-refractivity contribution is 5.79. The molecule has 2 aliphatic rings. The third-order valence-corrected chi connectivity index (χ3v) is 7.89. The summed E-state index contributed by atoms with van der Waals surface area (Å²) in [7, 11) is 0. The minimum Gasteiger partial charge on any atom is -0.342 e. The lowest BCUT2D eigenvalue weighted by molar-refractivity contribution is -0.136. The van der Waals surface area contributed by atoms with E-state index in [4.69, 9.17) is 0 Å². The van der Waals surface area contributed by atoms with Gasteiger partial charge in [-0.15, -0.1) is 12.3 Å². The van der Waals surface area contributed by atoms with Crippen LogP contribution in [-0.2, 0) is 4.79 Å². The van der Waals surface area contributed by atoms with Gasteiger partial charge in [-0.1, -0.05) is 76.7 Å². The fourth-order valence-electron chi connectivity index (χ4n) is 5.72. The van der Waals surface area contributed by atoms with Crippen LogP contribution >= 0.6 is 0 Å². The van der Waals surface area contributed by atoms with Crippen LogP contribution in [0.1, 0.15) is 118 Å². The van der Waals surface area contributed by atoms with Crippen molar-refractivity contribution in [3.8, 4) is 12.3 Å². The molecule has 1 saturated heterocycles. The Bertz CT molecular complexity index is 624. The summed E-state index contributed by atoms with van der Waals surface area (Å²) >= 11 is 0. The molecule has 1 atom stereocenters. The fourth-order valence-corrected chi connectivity index (χ4v) is 5.72. The molecule has 2 rings (SSSR count). The topological polar surface area (TPSA) is 23.6 Å². The Morgan fingerprint density at radius 3 is 2.14 bits per heavy atom. The van der Waals surface area contributed by atoms with Crippen LogP contribution in [0, 0.1) is 23.7 Å². The number of carbonyl (C=O) groups is 1. The van der Waals surface area contributed by atoms with Gasteiger partial charge in [0.1, 0.15) is 0 Å². The Hall–Kier alpha value is -1.53. The Kier molecular flexibility index (Phi) is 17.7. The molecule has 1 saturated carbocycles. The highest BCUT2D eigenvalue weighted by atomic mass is 16.2. The number of piperidine rings is 1. The van der Waals surface area contributed by atoms with E-state index in [1.807, 2.05) is 0 Å². The molecule has 2 fully saturated rings. The molecule has 1 unspecified atom stereocenters. The van der Waals surface area contributed by atoms with Crippen LogP contribution in [0.3, 0.4) is 0 Å². The first-order valence-electron chi connectivity index (χ1n) is 14.7. The molecule has 1 aliphatic heterocycles. The zero-order valence-electron chi connectivity index (χ0n) is 23.7. The summed E-state index contributed by atoms with van der Waals surface area (Å²) in [6.45, 7) is 13.8. The van der Waals surface area contributed by atoms with Crippen LogP contribution in [0.15, 0.2) is 24.3 Å². The molecule has 3 nitrogen and oxygen atoms in total. The molecule has 35 heavy (non-hydrogen) atoms. The number of hydrogen-bond acceptors (Lipinski definition) is 2. The van der Waals surface area contributed by atoms with Gasteiger partial charge in [0.05, 0.1) is 0 Å². The SMILES string of the molecule is C#CC.C/C=C\C=C/CCN1CCC2(CCC(C(=O)N(CCCCCC)CCCCCC)C2)CC1. The maximum absolute atomic E-state index is 13.5. The van der Waals surface area contributed by atoms with Crippen LogP contribution in [-0.4, -0.2) is 48.4 Å². The number of unbranched alkanes of at least 4 members (excludes halogenated alkanes) is 6. The number of carbonyl (C=O) groups excluding carboxylic acids is 1. The molecular formula is C32H56N2O. The van der Waals surface area contributed by atoms with E-state index in [0.29, 0.717) is 17.2 Å². The molecule has 0 N–H and O–H groups in total. The summed E-state index contributed by atoms with van der Waals surface area (Å²) in [6.07, 6.45) is 30.5. The van der Waals surface area contributed by atoms with Gasteiger partial charge in [-0.05, 0) is 83.7 Å². The predicted octanol–water partition coefficient (Wildman–Crippen LogP) is 8.02. The second-order valence-electron chi connectivity index (χ2n) is 10.8. The Morgan fingerprint density at radius 1 is 1.00 bits per heavy atom. The van der Waals surface area contributed by atoms with Crippen molar-refractivity contribution < 1.29 is 4.79 Å². The molecule has 0 bridgehead atoms. The number of nitrogens with zero attached hydrogens (tertiary/aromatic N) is 2. The first-order chi connectivity index (χ1) is 17.1. The van der Waals surface area contributed by atoms with Gasteiger partial charge in [-0.25, -0.2) is 0 Å². The molecular weight excluding hydrogens is 428 g/mol. The zero-order chi connectivity index (χ0) is 25.8. The van der Waals surface area contributed by atoms with Gasteiger partial charge < -0.3 is 9.80 Å². The number of hydrogen-bond donors (Lipinski definition) is 0. The first-order valence-corrected chi connectivity index (χ1v) is 14.7. The minimum absolute atomic E-state index is 0.294. The van der Waals surface area contributed by atoms with Gasteiger partial charge in [0.15, 0.2) is 0 Å². The smallest absolute Gasteiger partial charge is 0.225 e. The van der Waals surface area contributed by atoms with Gasteiger partial charge in [0.2, 0.25) is 5.91 Å². The highest BCUT2D eigenvalue weighted by Crippen LogP contribution is 2.49. The second kappa shape index (κ2) is 19.6. The van der Waals surface area contributed by atoms with Gasteiger partial charge in [-0.2, -0.15) is 0 Å². The van der Waals surface area contributed by atoms with Crippen LogP contribution in [0.2, 0.25) is 0 Å². The minimum atomic E-state index is 0.294. The number of likely N-dealkylation sites (tertiary alicyclic amines) is 1. The van der Waals surface area contributed by atoms with Gasteiger partial charge >= 0.3 is 0 Å². The maximum atomic E-state index is 13.5. The van der Waals surface area contributed by atoms with Gasteiger partial charge in [0, 0.05) is 25.6 Å². The van der Waals surface area contributed by atoms with Gasteiger partial charge in [0.25, 0.3) is 0 Å². The lowest BCUT2D eigenvalue weighted by Gasteiger charge is -2.39. The second-order valence-corrected chi connectivity index (χ2v) is 10.8. The molecule has 0 aromatic carbocycles. The molecule has 1 spiro atoms. The monoisotopic (exact) mass is 484 g/mol. The quantitative estimate of drug-likeness (QED) is 0.133. The summed E-state index contributed by atoms with van der Waals surface area (Å²) in [5.41, 5.74) is 0.452. The van der Waals surface area contributed by atoms with Crippen molar-refractivity contribution in [2.24, 2.45) is 11.3 Å². The number of rotatable bonds is 15. The largest absolute Gasteiger partial charge is 0.342 e. The summed E-state index contributed by atoms with van der Waals surface area (Å²) in [5.74, 6) is 3.04. The van der Waals surface area contributed by atoms with Crippen LogP contribution in [0.25, 0.3) is 0 Å². The molecule has 0 radical (unpaired) electrons. The van der Waals surface area contributed by atoms with E-state index in [1.165, 1.54) is 90.3 Å². The van der Waals surface area contributed by atoms with Gasteiger partial charge in [-0.3, -0.25) is 4.79 Å². The van der Waals surface area contributed by atoms with E-state index < -0.39 is 0 Å². The molecule has 3 heteroatoms. The molecule has 1 aliphatic carbocycles. The maximum Gasteiger partial charge on any atom is 0.225 e. The molecule has 0 aromatic heterocycles. The molecule has 1 heterocycles. The average Bonchev–Trinajstić information content (AvgIpc) is 3.28. The van der Waals surface area contributed by atoms with Crippen molar-refractivity contribution >= 4 is 5.91 Å². The van der Waals surface area contributed by atoms with Crippen molar-refractivity contribution in [3.05, 3.63) is 24.3 Å². The van der Waals surface area contributed by atoms with E-state index in [0.717, 1.165) is 32.4 Å². The molecule has 0 aromatic rings. The Labute approximate surface area is 218 Å². The van der Waals surface area contributed by atoms with Crippen molar-refractivity contribution in [2.75, 3.05) is 32.7 Å². The third-order valence-electron chi connectivity index (χ3n) is 7.89. The number of amides is 1. The standard InChI is InChI=1S/C29H52N2O.C3H4/c1-4-7-10-13-14-21-30-24-19-29(20-25-30)18-17-27(26-29)28(32)31(22-15-11-8-5-2)23-16-12-9-6-3;1-3-2/h4,7,10,13,27H,5-6,8-9,11-12,14-26H2,1-3H3;1H,2H3/b7-4-,13-10-;. The van der Waals surface area contributed by atoms with E-state index in [-0.39, 0.29) is 0 Å². The Morgan fingerprint density at radius 2 is 1.60 bits per heavy atom. The summed E-state index contributed by atoms with van der Waals surface area (Å²) in [5, 5.41) is 0. The van der Waals surface area contributed by atoms with Crippen molar-refractivity contribution in [1.82, 2.24) is 9.80 Å². The van der Waals surface area contributed by atoms with E-state index in [1.54, 1.807) is 6.92 Å². The normalized spacial score (nSPS) is 19.7. The first kappa shape index (κ1) is 31.5. The third kappa shape index (κ3) is 12.8. The van der Waals surface area contributed by atoms with Crippen LogP contribution in [0.4, 0.5) is 0 Å². The van der Waals surface area contributed by atoms with E-state index in [9.17, 15) is 4.79 Å². The summed E-state index contributed by atoms with van der Waals surface area (Å²) < 4.78 is 0. The Balaban J connectivity index is 0.00000194. The van der Waals surface area contributed by atoms with Crippen molar-refractivity contribution in [2.45, 2.75) is 118 Å². The highest BCUT2D eigenvalue weighted by Gasteiger charge is 2.44. The fraction of sp³-hybridized carbons (Fsp3) is 0.781. The number of terminal acetylenes is 1. The summed E-state index contributed by atoms with van der Waals surface area (Å²) in [4.78, 5) is 18.4. The van der Waals surface area contributed by atoms with E-state index >= 15 is 0 Å². The van der Waals surface area contributed by atoms with Crippen LogP contribution < -0.4 is 0 Å². The zero-order valence-corrected chi connectivity index (χ0v) is 23.7. The lowest BCUT2D eigenvalue weighted by Crippen LogP contribution is -2.40. The molecule has 200 valence electrons. The van der Waals surface area contributed by atoms with Crippen molar-refractivity contribution in [1.29, 1.82) is 0 Å². The summed E-state index contributed by atoms with van der Waals surface area (Å²) in [6, 6.07) is 0. The molecule has 1 amide bonds. The van der Waals surface area contributed by atoms with E-state index in [2.05, 4.69) is 67.2 Å². The predicted molar refractivity (Wildman–Crippen MR) is 153 cm³/mol. The lowest BCUT2D eigenvalue weighted by atomic mass is 9.76. The van der Waals surface area contributed by atoms with Crippen LogP contribution in [0.5, 0.6) is 0 Å². The van der Waals surface area contributed by atoms with Crippen molar-refractivity contribution in [3.63, 3.8) is 0 Å². The average molecular weight is 485 g/mol. The number of allylic oxidation sites excluding steroid dienone is 3.